The minimum Gasteiger partial charge on any atom is -0.370 e. The Balaban J connectivity index is 1.54. The van der Waals surface area contributed by atoms with Gasteiger partial charge in [-0.3, -0.25) is 14.7 Å². The zero-order valence-corrected chi connectivity index (χ0v) is 12.3. The Morgan fingerprint density at radius 2 is 2.14 bits per heavy atom. The van der Waals surface area contributed by atoms with Gasteiger partial charge >= 0.3 is 6.03 Å². The molecule has 3 rings (SSSR count). The molecule has 0 spiro atoms. The maximum atomic E-state index is 11.4. The van der Waals surface area contributed by atoms with Gasteiger partial charge in [-0.1, -0.05) is 6.07 Å². The summed E-state index contributed by atoms with van der Waals surface area (Å²) in [4.78, 5) is 28.1. The first kappa shape index (κ1) is 14.4. The molecule has 3 amide bonds. The van der Waals surface area contributed by atoms with Gasteiger partial charge in [-0.15, -0.1) is 0 Å². The van der Waals surface area contributed by atoms with Crippen molar-refractivity contribution in [3.63, 3.8) is 0 Å². The lowest BCUT2D eigenvalue weighted by atomic mass is 10.1. The molecule has 7 nitrogen and oxygen atoms in total. The van der Waals surface area contributed by atoms with Crippen molar-refractivity contribution < 1.29 is 9.59 Å². The summed E-state index contributed by atoms with van der Waals surface area (Å²) in [7, 11) is 0. The second-order valence-corrected chi connectivity index (χ2v) is 5.43. The molecule has 22 heavy (non-hydrogen) atoms. The summed E-state index contributed by atoms with van der Waals surface area (Å²) in [6, 6.07) is 5.84. The summed E-state index contributed by atoms with van der Waals surface area (Å²) in [5, 5.41) is 5.51. The highest BCUT2D eigenvalue weighted by Gasteiger charge is 2.27. The number of carbonyl (C=O) groups excluding carboxylic acids is 2. The van der Waals surface area contributed by atoms with Crippen LogP contribution in [0.4, 0.5) is 10.5 Å². The van der Waals surface area contributed by atoms with Crippen LogP contribution in [0.3, 0.4) is 0 Å². The Morgan fingerprint density at radius 1 is 1.32 bits per heavy atom. The zero-order chi connectivity index (χ0) is 15.5. The van der Waals surface area contributed by atoms with Gasteiger partial charge < -0.3 is 16.4 Å². The largest absolute Gasteiger partial charge is 0.370 e. The fourth-order valence-corrected chi connectivity index (χ4v) is 2.79. The van der Waals surface area contributed by atoms with Gasteiger partial charge in [-0.2, -0.15) is 0 Å². The number of fused-ring (bicyclic) bond motifs is 1. The molecule has 4 N–H and O–H groups in total. The van der Waals surface area contributed by atoms with E-state index >= 15 is 0 Å². The summed E-state index contributed by atoms with van der Waals surface area (Å²) in [6.45, 7) is 0.575. The van der Waals surface area contributed by atoms with Crippen LogP contribution in [0, 0.1) is 0 Å². The molecule has 1 fully saturated rings. The molecule has 0 unspecified atom stereocenters. The van der Waals surface area contributed by atoms with Crippen LogP contribution in [0.1, 0.15) is 17.5 Å². The average molecular weight is 301 g/mol. The number of carbonyl (C=O) groups is 2. The van der Waals surface area contributed by atoms with Crippen molar-refractivity contribution in [1.29, 1.82) is 0 Å². The summed E-state index contributed by atoms with van der Waals surface area (Å²) >= 11 is 0. The number of rotatable bonds is 4. The molecular weight excluding hydrogens is 282 g/mol. The fraction of sp³-hybridized carbons (Fsp3) is 0.400. The van der Waals surface area contributed by atoms with Crippen molar-refractivity contribution >= 4 is 23.6 Å². The van der Waals surface area contributed by atoms with E-state index in [9.17, 15) is 9.59 Å². The Labute approximate surface area is 128 Å². The third kappa shape index (κ3) is 3.03. The quantitative estimate of drug-likeness (QED) is 0.427. The SMILES string of the molecule is NC(=NCCN1C(=O)CNC1=O)Nc1ccc2c(c1)CCC2. The van der Waals surface area contributed by atoms with Crippen LogP contribution in [0.15, 0.2) is 23.2 Å². The molecule has 2 aliphatic rings. The normalized spacial score (nSPS) is 17.6. The number of anilines is 1. The number of nitrogens with zero attached hydrogens (tertiary/aromatic N) is 2. The summed E-state index contributed by atoms with van der Waals surface area (Å²) in [5.74, 6) is 0.0513. The van der Waals surface area contributed by atoms with E-state index in [-0.39, 0.29) is 37.5 Å². The predicted molar refractivity (Wildman–Crippen MR) is 83.7 cm³/mol. The topological polar surface area (TPSA) is 99.8 Å². The molecule has 0 bridgehead atoms. The van der Waals surface area contributed by atoms with Crippen LogP contribution in [0.5, 0.6) is 0 Å². The van der Waals surface area contributed by atoms with Gasteiger partial charge in [0.2, 0.25) is 5.91 Å². The zero-order valence-electron chi connectivity index (χ0n) is 12.3. The lowest BCUT2D eigenvalue weighted by Crippen LogP contribution is -2.34. The van der Waals surface area contributed by atoms with Gasteiger partial charge in [-0.05, 0) is 42.5 Å². The van der Waals surface area contributed by atoms with E-state index in [0.29, 0.717) is 0 Å². The molecule has 1 aliphatic heterocycles. The van der Waals surface area contributed by atoms with Crippen molar-refractivity contribution in [2.45, 2.75) is 19.3 Å². The maximum absolute atomic E-state index is 11.4. The fourth-order valence-electron chi connectivity index (χ4n) is 2.79. The van der Waals surface area contributed by atoms with E-state index in [1.165, 1.54) is 17.5 Å². The van der Waals surface area contributed by atoms with Gasteiger partial charge in [0.25, 0.3) is 0 Å². The van der Waals surface area contributed by atoms with E-state index in [2.05, 4.69) is 27.8 Å². The number of imide groups is 1. The summed E-state index contributed by atoms with van der Waals surface area (Å²) in [5.41, 5.74) is 9.51. The van der Waals surface area contributed by atoms with Crippen molar-refractivity contribution in [2.75, 3.05) is 25.0 Å². The van der Waals surface area contributed by atoms with Gasteiger partial charge in [-0.25, -0.2) is 4.79 Å². The second-order valence-electron chi connectivity index (χ2n) is 5.43. The predicted octanol–water partition coefficient (Wildman–Crippen LogP) is 0.454. The van der Waals surface area contributed by atoms with Crippen molar-refractivity contribution in [1.82, 2.24) is 10.2 Å². The van der Waals surface area contributed by atoms with Crippen LogP contribution in [0.25, 0.3) is 0 Å². The summed E-state index contributed by atoms with van der Waals surface area (Å²) < 4.78 is 0. The number of urea groups is 1. The number of guanidine groups is 1. The van der Waals surface area contributed by atoms with Crippen LogP contribution < -0.4 is 16.4 Å². The van der Waals surface area contributed by atoms with Crippen LogP contribution in [0.2, 0.25) is 0 Å². The average Bonchev–Trinajstić information content (AvgIpc) is 3.07. The third-order valence-electron chi connectivity index (χ3n) is 3.91. The lowest BCUT2D eigenvalue weighted by molar-refractivity contribution is -0.124. The molecule has 1 aromatic rings. The van der Waals surface area contributed by atoms with Crippen molar-refractivity contribution in [3.05, 3.63) is 29.3 Å². The lowest BCUT2D eigenvalue weighted by Gasteiger charge is -2.11. The molecule has 1 aliphatic carbocycles. The first-order valence-electron chi connectivity index (χ1n) is 7.40. The van der Waals surface area contributed by atoms with Crippen LogP contribution >= 0.6 is 0 Å². The second kappa shape index (κ2) is 6.05. The molecule has 1 aromatic carbocycles. The molecule has 0 aromatic heterocycles. The molecule has 1 saturated heterocycles. The molecule has 0 saturated carbocycles. The van der Waals surface area contributed by atoms with Gasteiger partial charge in [0.05, 0.1) is 19.6 Å². The Hall–Kier alpha value is -2.57. The molecule has 116 valence electrons. The van der Waals surface area contributed by atoms with E-state index in [1.54, 1.807) is 0 Å². The van der Waals surface area contributed by atoms with Gasteiger partial charge in [0.15, 0.2) is 5.96 Å². The number of benzene rings is 1. The van der Waals surface area contributed by atoms with E-state index < -0.39 is 0 Å². The number of aliphatic imine (C=N–C) groups is 1. The maximum Gasteiger partial charge on any atom is 0.324 e. The minimum atomic E-state index is -0.370. The molecule has 7 heteroatoms. The number of amides is 3. The highest BCUT2D eigenvalue weighted by molar-refractivity contribution is 6.02. The standard InChI is InChI=1S/C15H19N5O2/c16-14(17-6-7-20-13(21)9-18-15(20)22)19-12-5-4-10-2-1-3-11(10)8-12/h4-5,8H,1-3,6-7,9H2,(H,18,22)(H3,16,17,19). The summed E-state index contributed by atoms with van der Waals surface area (Å²) in [6.07, 6.45) is 3.45. The number of hydrogen-bond acceptors (Lipinski definition) is 3. The third-order valence-corrected chi connectivity index (χ3v) is 3.91. The van der Waals surface area contributed by atoms with E-state index in [4.69, 9.17) is 5.73 Å². The van der Waals surface area contributed by atoms with E-state index in [0.717, 1.165) is 23.4 Å². The highest BCUT2D eigenvalue weighted by Crippen LogP contribution is 2.24. The van der Waals surface area contributed by atoms with Crippen LogP contribution in [-0.2, 0) is 17.6 Å². The molecule has 1 heterocycles. The van der Waals surface area contributed by atoms with Crippen molar-refractivity contribution in [3.8, 4) is 0 Å². The number of aryl methyl sites for hydroxylation is 2. The number of hydrogen-bond donors (Lipinski definition) is 3. The van der Waals surface area contributed by atoms with Crippen LogP contribution in [-0.4, -0.2) is 42.4 Å². The number of nitrogens with one attached hydrogen (secondary N) is 2. The van der Waals surface area contributed by atoms with Crippen molar-refractivity contribution in [2.24, 2.45) is 10.7 Å². The first-order chi connectivity index (χ1) is 10.6. The van der Waals surface area contributed by atoms with Gasteiger partial charge in [0, 0.05) is 5.69 Å². The molecule has 0 atom stereocenters. The molecule has 0 radical (unpaired) electrons. The Morgan fingerprint density at radius 3 is 2.91 bits per heavy atom. The first-order valence-corrected chi connectivity index (χ1v) is 7.40. The highest BCUT2D eigenvalue weighted by atomic mass is 16.2. The monoisotopic (exact) mass is 301 g/mol. The van der Waals surface area contributed by atoms with Gasteiger partial charge in [0.1, 0.15) is 0 Å². The number of nitrogens with two attached hydrogens (primary N) is 1. The Bertz CT molecular complexity index is 625. The minimum absolute atomic E-state index is 0.0609. The smallest absolute Gasteiger partial charge is 0.324 e. The van der Waals surface area contributed by atoms with E-state index in [1.807, 2.05) is 6.07 Å². The molecular formula is C15H19N5O2. The Kier molecular flexibility index (Phi) is 3.95.